The van der Waals surface area contributed by atoms with Crippen molar-refractivity contribution < 1.29 is 14.7 Å². The van der Waals surface area contributed by atoms with Crippen LogP contribution in [0.1, 0.15) is 40.6 Å². The Labute approximate surface area is 112 Å². The number of hydrogen-bond donors (Lipinski definition) is 1. The molecule has 19 heavy (non-hydrogen) atoms. The molecule has 1 aliphatic rings. The zero-order valence-corrected chi connectivity index (χ0v) is 11.6. The third-order valence-electron chi connectivity index (χ3n) is 3.60. The first kappa shape index (κ1) is 13.8. The van der Waals surface area contributed by atoms with Gasteiger partial charge in [0.2, 0.25) is 0 Å². The molecule has 0 aliphatic heterocycles. The van der Waals surface area contributed by atoms with E-state index in [0.717, 1.165) is 12.8 Å². The molecule has 0 bridgehead atoms. The summed E-state index contributed by atoms with van der Waals surface area (Å²) >= 11 is 0. The van der Waals surface area contributed by atoms with Crippen molar-refractivity contribution in [2.75, 3.05) is 13.6 Å². The number of aliphatic hydroxyl groups excluding tert-OH is 1. The standard InChI is InChI=1S/C14H20N2O3/c1-9(17)11-6-12(15(2)7-11)14(19)16(3)8-13(18)10-4-5-10/h6-7,10,13,18H,4-5,8H2,1-3H3. The van der Waals surface area contributed by atoms with Gasteiger partial charge in [0.05, 0.1) is 6.10 Å². The summed E-state index contributed by atoms with van der Waals surface area (Å²) in [5.74, 6) is 0.112. The molecule has 1 heterocycles. The van der Waals surface area contributed by atoms with Crippen LogP contribution in [0.2, 0.25) is 0 Å². The average molecular weight is 264 g/mol. The van der Waals surface area contributed by atoms with Crippen molar-refractivity contribution in [1.82, 2.24) is 9.47 Å². The number of aromatic nitrogens is 1. The zero-order chi connectivity index (χ0) is 14.2. The van der Waals surface area contributed by atoms with Crippen molar-refractivity contribution in [1.29, 1.82) is 0 Å². The molecule has 1 fully saturated rings. The van der Waals surface area contributed by atoms with Gasteiger partial charge in [0.25, 0.3) is 5.91 Å². The second-order valence-electron chi connectivity index (χ2n) is 5.37. The molecule has 1 saturated carbocycles. The normalized spacial score (nSPS) is 16.2. The molecular formula is C14H20N2O3. The summed E-state index contributed by atoms with van der Waals surface area (Å²) in [4.78, 5) is 25.1. The van der Waals surface area contributed by atoms with Crippen molar-refractivity contribution >= 4 is 11.7 Å². The molecule has 104 valence electrons. The van der Waals surface area contributed by atoms with Gasteiger partial charge in [0.15, 0.2) is 5.78 Å². The number of aryl methyl sites for hydroxylation is 1. The van der Waals surface area contributed by atoms with Crippen LogP contribution in [0.25, 0.3) is 0 Å². The molecule has 1 amide bonds. The van der Waals surface area contributed by atoms with Crippen LogP contribution in [0, 0.1) is 5.92 Å². The molecule has 1 N–H and O–H groups in total. The number of carbonyl (C=O) groups excluding carboxylic acids is 2. The van der Waals surface area contributed by atoms with E-state index in [0.29, 0.717) is 23.7 Å². The Morgan fingerprint density at radius 2 is 2.16 bits per heavy atom. The van der Waals surface area contributed by atoms with E-state index in [4.69, 9.17) is 0 Å². The summed E-state index contributed by atoms with van der Waals surface area (Å²) in [6, 6.07) is 1.60. The maximum absolute atomic E-state index is 12.3. The Morgan fingerprint density at radius 3 is 2.63 bits per heavy atom. The summed E-state index contributed by atoms with van der Waals surface area (Å²) in [5.41, 5.74) is 0.998. The molecule has 0 spiro atoms. The van der Waals surface area contributed by atoms with Crippen molar-refractivity contribution in [3.8, 4) is 0 Å². The number of aliphatic hydroxyl groups is 1. The topological polar surface area (TPSA) is 62.5 Å². The van der Waals surface area contributed by atoms with Crippen LogP contribution in [-0.4, -0.2) is 46.0 Å². The van der Waals surface area contributed by atoms with Gasteiger partial charge in [0.1, 0.15) is 5.69 Å². The summed E-state index contributed by atoms with van der Waals surface area (Å²) in [7, 11) is 3.42. The van der Waals surface area contributed by atoms with E-state index < -0.39 is 6.10 Å². The lowest BCUT2D eigenvalue weighted by Crippen LogP contribution is -2.36. The Kier molecular flexibility index (Phi) is 3.75. The molecule has 0 saturated heterocycles. The van der Waals surface area contributed by atoms with Gasteiger partial charge in [-0.25, -0.2) is 0 Å². The van der Waals surface area contributed by atoms with Crippen LogP contribution in [0.5, 0.6) is 0 Å². The molecule has 1 unspecified atom stereocenters. The van der Waals surface area contributed by atoms with Crippen molar-refractivity contribution in [3.05, 3.63) is 23.5 Å². The van der Waals surface area contributed by atoms with Crippen molar-refractivity contribution in [3.63, 3.8) is 0 Å². The van der Waals surface area contributed by atoms with Crippen LogP contribution in [0.3, 0.4) is 0 Å². The number of rotatable bonds is 5. The molecule has 5 nitrogen and oxygen atoms in total. The first-order valence-corrected chi connectivity index (χ1v) is 6.51. The number of nitrogens with zero attached hydrogens (tertiary/aromatic N) is 2. The highest BCUT2D eigenvalue weighted by Crippen LogP contribution is 2.32. The first-order chi connectivity index (χ1) is 8.90. The minimum Gasteiger partial charge on any atom is -0.391 e. The highest BCUT2D eigenvalue weighted by atomic mass is 16.3. The molecule has 1 aromatic heterocycles. The van der Waals surface area contributed by atoms with Crippen LogP contribution in [-0.2, 0) is 7.05 Å². The Bertz CT molecular complexity index is 503. The summed E-state index contributed by atoms with van der Waals surface area (Å²) in [6.45, 7) is 1.81. The van der Waals surface area contributed by atoms with E-state index in [1.807, 2.05) is 0 Å². The van der Waals surface area contributed by atoms with Gasteiger partial charge in [-0.15, -0.1) is 0 Å². The van der Waals surface area contributed by atoms with E-state index in [2.05, 4.69) is 0 Å². The second-order valence-corrected chi connectivity index (χ2v) is 5.37. The summed E-state index contributed by atoms with van der Waals surface area (Å²) in [6.07, 6.45) is 3.30. The van der Waals surface area contributed by atoms with Gasteiger partial charge in [0, 0.05) is 32.4 Å². The molecule has 1 atom stereocenters. The van der Waals surface area contributed by atoms with Gasteiger partial charge in [-0.2, -0.15) is 0 Å². The fraction of sp³-hybridized carbons (Fsp3) is 0.571. The molecule has 2 rings (SSSR count). The Morgan fingerprint density at radius 1 is 1.53 bits per heavy atom. The van der Waals surface area contributed by atoms with Crippen LogP contribution in [0.15, 0.2) is 12.3 Å². The quantitative estimate of drug-likeness (QED) is 0.809. The third kappa shape index (κ3) is 3.04. The van der Waals surface area contributed by atoms with E-state index in [1.165, 1.54) is 11.8 Å². The van der Waals surface area contributed by atoms with E-state index in [1.54, 1.807) is 30.9 Å². The minimum absolute atomic E-state index is 0.0599. The van der Waals surface area contributed by atoms with Crippen molar-refractivity contribution in [2.24, 2.45) is 13.0 Å². The Hall–Kier alpha value is -1.62. The van der Waals surface area contributed by atoms with E-state index in [-0.39, 0.29) is 11.7 Å². The van der Waals surface area contributed by atoms with E-state index in [9.17, 15) is 14.7 Å². The first-order valence-electron chi connectivity index (χ1n) is 6.51. The number of amides is 1. The lowest BCUT2D eigenvalue weighted by Gasteiger charge is -2.20. The molecule has 1 aromatic rings. The van der Waals surface area contributed by atoms with Crippen LogP contribution < -0.4 is 0 Å². The number of carbonyl (C=O) groups is 2. The fourth-order valence-electron chi connectivity index (χ4n) is 2.16. The van der Waals surface area contributed by atoms with Gasteiger partial charge >= 0.3 is 0 Å². The zero-order valence-electron chi connectivity index (χ0n) is 11.6. The molecule has 5 heteroatoms. The van der Waals surface area contributed by atoms with Gasteiger partial charge < -0.3 is 14.6 Å². The fourth-order valence-corrected chi connectivity index (χ4v) is 2.16. The molecular weight excluding hydrogens is 244 g/mol. The Balaban J connectivity index is 2.07. The number of Topliss-reactive ketones (excluding diaryl/α,β-unsaturated/α-hetero) is 1. The summed E-state index contributed by atoms with van der Waals surface area (Å²) < 4.78 is 1.65. The predicted molar refractivity (Wildman–Crippen MR) is 71.1 cm³/mol. The average Bonchev–Trinajstić information content (AvgIpc) is 3.11. The number of likely N-dealkylation sites (N-methyl/N-ethyl adjacent to an activating group) is 1. The molecule has 0 radical (unpaired) electrons. The van der Waals surface area contributed by atoms with Gasteiger partial charge in [-0.1, -0.05) is 0 Å². The largest absolute Gasteiger partial charge is 0.391 e. The second kappa shape index (κ2) is 5.17. The van der Waals surface area contributed by atoms with Gasteiger partial charge in [-0.05, 0) is 31.7 Å². The highest BCUT2D eigenvalue weighted by Gasteiger charge is 2.31. The highest BCUT2D eigenvalue weighted by molar-refractivity contribution is 5.99. The number of ketones is 1. The summed E-state index contributed by atoms with van der Waals surface area (Å²) in [5, 5.41) is 9.86. The van der Waals surface area contributed by atoms with E-state index >= 15 is 0 Å². The predicted octanol–water partition coefficient (Wildman–Crippen LogP) is 1.07. The lowest BCUT2D eigenvalue weighted by atomic mass is 10.2. The smallest absolute Gasteiger partial charge is 0.270 e. The minimum atomic E-state index is -0.443. The van der Waals surface area contributed by atoms with Gasteiger partial charge in [-0.3, -0.25) is 9.59 Å². The van der Waals surface area contributed by atoms with Crippen LogP contribution >= 0.6 is 0 Å². The third-order valence-corrected chi connectivity index (χ3v) is 3.60. The maximum atomic E-state index is 12.3. The monoisotopic (exact) mass is 264 g/mol. The molecule has 0 aromatic carbocycles. The number of hydrogen-bond acceptors (Lipinski definition) is 3. The molecule has 1 aliphatic carbocycles. The van der Waals surface area contributed by atoms with Crippen LogP contribution in [0.4, 0.5) is 0 Å². The lowest BCUT2D eigenvalue weighted by molar-refractivity contribution is 0.0637. The van der Waals surface area contributed by atoms with Crippen molar-refractivity contribution in [2.45, 2.75) is 25.9 Å². The SMILES string of the molecule is CC(=O)c1cc(C(=O)N(C)CC(O)C2CC2)n(C)c1. The maximum Gasteiger partial charge on any atom is 0.270 e.